The lowest BCUT2D eigenvalue weighted by atomic mass is 9.79. The monoisotopic (exact) mass is 301 g/mol. The molecule has 0 spiro atoms. The number of amides is 1. The quantitative estimate of drug-likeness (QED) is 0.794. The standard InChI is InChI=1S/C17H23N3O2/c1-12-4-3-5-16(18-12)17(22)19-6-7-20(13(2)10-19)15-8-14(9-15)11-21/h3-5,11,13-15H,6-10H2,1-2H3. The lowest BCUT2D eigenvalue weighted by Crippen LogP contribution is -2.59. The van der Waals surface area contributed by atoms with Crippen LogP contribution in [0.25, 0.3) is 0 Å². The van der Waals surface area contributed by atoms with Gasteiger partial charge in [-0.15, -0.1) is 0 Å². The predicted octanol–water partition coefficient (Wildman–Crippen LogP) is 1.51. The van der Waals surface area contributed by atoms with E-state index in [0.717, 1.165) is 44.5 Å². The molecule has 22 heavy (non-hydrogen) atoms. The first-order valence-corrected chi connectivity index (χ1v) is 8.02. The summed E-state index contributed by atoms with van der Waals surface area (Å²) < 4.78 is 0. The molecular weight excluding hydrogens is 278 g/mol. The summed E-state index contributed by atoms with van der Waals surface area (Å²) >= 11 is 0. The second kappa shape index (κ2) is 6.16. The average molecular weight is 301 g/mol. The first-order chi connectivity index (χ1) is 10.6. The lowest BCUT2D eigenvalue weighted by Gasteiger charge is -2.48. The maximum atomic E-state index is 12.6. The summed E-state index contributed by atoms with van der Waals surface area (Å²) in [6.07, 6.45) is 3.02. The van der Waals surface area contributed by atoms with Crippen molar-refractivity contribution in [2.75, 3.05) is 19.6 Å². The van der Waals surface area contributed by atoms with Gasteiger partial charge in [0.1, 0.15) is 12.0 Å². The fraction of sp³-hybridized carbons (Fsp3) is 0.588. The zero-order chi connectivity index (χ0) is 15.7. The molecule has 1 saturated carbocycles. The van der Waals surface area contributed by atoms with Crippen molar-refractivity contribution in [3.05, 3.63) is 29.6 Å². The Morgan fingerprint density at radius 1 is 1.32 bits per heavy atom. The van der Waals surface area contributed by atoms with Crippen LogP contribution in [0.1, 0.15) is 35.9 Å². The van der Waals surface area contributed by atoms with Crippen LogP contribution in [0.5, 0.6) is 0 Å². The first-order valence-electron chi connectivity index (χ1n) is 8.02. The lowest BCUT2D eigenvalue weighted by molar-refractivity contribution is -0.116. The van der Waals surface area contributed by atoms with Crippen molar-refractivity contribution in [2.24, 2.45) is 5.92 Å². The number of carbonyl (C=O) groups excluding carboxylic acids is 2. The minimum atomic E-state index is 0.0228. The molecule has 1 aromatic heterocycles. The second-order valence-electron chi connectivity index (χ2n) is 6.52. The third-order valence-corrected chi connectivity index (χ3v) is 4.88. The van der Waals surface area contributed by atoms with Crippen LogP contribution >= 0.6 is 0 Å². The summed E-state index contributed by atoms with van der Waals surface area (Å²) in [7, 11) is 0. The van der Waals surface area contributed by atoms with Gasteiger partial charge in [0.25, 0.3) is 5.91 Å². The van der Waals surface area contributed by atoms with Gasteiger partial charge in [0.05, 0.1) is 0 Å². The van der Waals surface area contributed by atoms with Crippen LogP contribution in [0.4, 0.5) is 0 Å². The molecule has 1 aromatic rings. The Balaban J connectivity index is 1.60. The van der Waals surface area contributed by atoms with E-state index in [1.54, 1.807) is 6.07 Å². The molecule has 1 aliphatic heterocycles. The predicted molar refractivity (Wildman–Crippen MR) is 83.6 cm³/mol. The van der Waals surface area contributed by atoms with Crippen molar-refractivity contribution >= 4 is 12.2 Å². The van der Waals surface area contributed by atoms with Crippen LogP contribution in [-0.2, 0) is 4.79 Å². The van der Waals surface area contributed by atoms with Gasteiger partial charge in [-0.05, 0) is 38.8 Å². The third kappa shape index (κ3) is 2.90. The fourth-order valence-electron chi connectivity index (χ4n) is 3.53. The topological polar surface area (TPSA) is 53.5 Å². The first kappa shape index (κ1) is 15.2. The number of piperazine rings is 1. The van der Waals surface area contributed by atoms with Gasteiger partial charge in [0.15, 0.2) is 0 Å². The summed E-state index contributed by atoms with van der Waals surface area (Å²) in [5.74, 6) is 0.267. The summed E-state index contributed by atoms with van der Waals surface area (Å²) in [5, 5.41) is 0. The SMILES string of the molecule is Cc1cccc(C(=O)N2CCN(C3CC(C=O)C3)C(C)C2)n1. The molecule has 1 aliphatic carbocycles. The number of carbonyl (C=O) groups is 2. The van der Waals surface area contributed by atoms with E-state index in [-0.39, 0.29) is 11.8 Å². The van der Waals surface area contributed by atoms with Crippen LogP contribution in [0.2, 0.25) is 0 Å². The van der Waals surface area contributed by atoms with Gasteiger partial charge in [0, 0.05) is 43.3 Å². The Bertz CT molecular complexity index is 569. The molecule has 2 heterocycles. The zero-order valence-electron chi connectivity index (χ0n) is 13.2. The molecule has 0 radical (unpaired) electrons. The van der Waals surface area contributed by atoms with Gasteiger partial charge < -0.3 is 9.69 Å². The number of nitrogens with zero attached hydrogens (tertiary/aromatic N) is 3. The molecule has 2 aliphatic rings. The highest BCUT2D eigenvalue weighted by Gasteiger charge is 2.38. The number of rotatable bonds is 3. The van der Waals surface area contributed by atoms with E-state index in [1.807, 2.05) is 24.0 Å². The maximum Gasteiger partial charge on any atom is 0.272 e. The summed E-state index contributed by atoms with van der Waals surface area (Å²) in [5.41, 5.74) is 1.40. The molecule has 5 nitrogen and oxygen atoms in total. The van der Waals surface area contributed by atoms with Crippen molar-refractivity contribution in [2.45, 2.75) is 38.8 Å². The van der Waals surface area contributed by atoms with E-state index in [2.05, 4.69) is 16.8 Å². The number of pyridine rings is 1. The number of aromatic nitrogens is 1. The van der Waals surface area contributed by atoms with Gasteiger partial charge in [0.2, 0.25) is 0 Å². The van der Waals surface area contributed by atoms with E-state index in [0.29, 0.717) is 17.8 Å². The maximum absolute atomic E-state index is 12.6. The van der Waals surface area contributed by atoms with Crippen LogP contribution < -0.4 is 0 Å². The Kier molecular flexibility index (Phi) is 4.25. The van der Waals surface area contributed by atoms with Crippen molar-refractivity contribution in [3.8, 4) is 0 Å². The smallest absolute Gasteiger partial charge is 0.272 e. The normalized spacial score (nSPS) is 29.0. The molecule has 1 unspecified atom stereocenters. The molecular formula is C17H23N3O2. The number of hydrogen-bond acceptors (Lipinski definition) is 4. The Morgan fingerprint density at radius 2 is 2.09 bits per heavy atom. The molecule has 5 heteroatoms. The largest absolute Gasteiger partial charge is 0.334 e. The highest BCUT2D eigenvalue weighted by molar-refractivity contribution is 5.92. The Labute approximate surface area is 131 Å². The van der Waals surface area contributed by atoms with Crippen LogP contribution in [-0.4, -0.2) is 58.7 Å². The molecule has 0 bridgehead atoms. The van der Waals surface area contributed by atoms with Gasteiger partial charge in [-0.25, -0.2) is 4.98 Å². The van der Waals surface area contributed by atoms with Crippen molar-refractivity contribution in [1.29, 1.82) is 0 Å². The van der Waals surface area contributed by atoms with Gasteiger partial charge in [-0.3, -0.25) is 9.69 Å². The average Bonchev–Trinajstić information content (AvgIpc) is 2.47. The van der Waals surface area contributed by atoms with Gasteiger partial charge in [-0.1, -0.05) is 6.07 Å². The zero-order valence-corrected chi connectivity index (χ0v) is 13.2. The molecule has 1 amide bonds. The highest BCUT2D eigenvalue weighted by Crippen LogP contribution is 2.32. The molecule has 118 valence electrons. The molecule has 0 N–H and O–H groups in total. The van der Waals surface area contributed by atoms with E-state index in [9.17, 15) is 9.59 Å². The van der Waals surface area contributed by atoms with Crippen LogP contribution in [0, 0.1) is 12.8 Å². The summed E-state index contributed by atoms with van der Waals surface area (Å²) in [6, 6.07) is 6.41. The minimum absolute atomic E-state index is 0.0228. The third-order valence-electron chi connectivity index (χ3n) is 4.88. The van der Waals surface area contributed by atoms with Crippen molar-refractivity contribution in [1.82, 2.24) is 14.8 Å². The fourth-order valence-corrected chi connectivity index (χ4v) is 3.53. The number of hydrogen-bond donors (Lipinski definition) is 0. The number of aryl methyl sites for hydroxylation is 1. The van der Waals surface area contributed by atoms with Crippen molar-refractivity contribution in [3.63, 3.8) is 0 Å². The summed E-state index contributed by atoms with van der Waals surface area (Å²) in [4.78, 5) is 32.0. The number of aldehydes is 1. The van der Waals surface area contributed by atoms with Gasteiger partial charge >= 0.3 is 0 Å². The molecule has 1 saturated heterocycles. The van der Waals surface area contributed by atoms with Crippen LogP contribution in [0.3, 0.4) is 0 Å². The molecule has 0 aromatic carbocycles. The van der Waals surface area contributed by atoms with Gasteiger partial charge in [-0.2, -0.15) is 0 Å². The molecule has 3 rings (SSSR count). The Hall–Kier alpha value is -1.75. The Morgan fingerprint density at radius 3 is 2.73 bits per heavy atom. The van der Waals surface area contributed by atoms with E-state index in [4.69, 9.17) is 0 Å². The highest BCUT2D eigenvalue weighted by atomic mass is 16.2. The van der Waals surface area contributed by atoms with E-state index in [1.165, 1.54) is 0 Å². The van der Waals surface area contributed by atoms with E-state index < -0.39 is 0 Å². The molecule has 2 fully saturated rings. The molecule has 1 atom stereocenters. The summed E-state index contributed by atoms with van der Waals surface area (Å²) in [6.45, 7) is 6.42. The minimum Gasteiger partial charge on any atom is -0.334 e. The van der Waals surface area contributed by atoms with E-state index >= 15 is 0 Å². The van der Waals surface area contributed by atoms with Crippen LogP contribution in [0.15, 0.2) is 18.2 Å². The van der Waals surface area contributed by atoms with Crippen molar-refractivity contribution < 1.29 is 9.59 Å². The second-order valence-corrected chi connectivity index (χ2v) is 6.52.